The third-order valence-corrected chi connectivity index (χ3v) is 2.16. The molecule has 0 spiro atoms. The van der Waals surface area contributed by atoms with E-state index in [0.717, 1.165) is 10.0 Å². The van der Waals surface area contributed by atoms with E-state index < -0.39 is 0 Å². The van der Waals surface area contributed by atoms with E-state index >= 15 is 0 Å². The van der Waals surface area contributed by atoms with E-state index in [4.69, 9.17) is 0 Å². The highest BCUT2D eigenvalue weighted by molar-refractivity contribution is 9.10. The van der Waals surface area contributed by atoms with Gasteiger partial charge in [0, 0.05) is 16.7 Å². The first-order chi connectivity index (χ1) is 7.08. The molecule has 1 rings (SSSR count). The van der Waals surface area contributed by atoms with E-state index in [1.807, 2.05) is 24.3 Å². The van der Waals surface area contributed by atoms with Crippen molar-refractivity contribution in [3.63, 3.8) is 0 Å². The molecule has 0 bridgehead atoms. The predicted octanol–water partition coefficient (Wildman–Crippen LogP) is 2.78. The molecule has 0 fully saturated rings. The number of carbonyl (C=O) groups excluding carboxylic acids is 1. The number of hydrogen-bond donors (Lipinski definition) is 2. The Morgan fingerprint density at radius 1 is 1.53 bits per heavy atom. The first-order valence-electron chi connectivity index (χ1n) is 4.53. The monoisotopic (exact) mass is 268 g/mol. The van der Waals surface area contributed by atoms with Gasteiger partial charge in [-0.2, -0.15) is 0 Å². The molecule has 0 radical (unpaired) electrons. The van der Waals surface area contributed by atoms with Gasteiger partial charge in [0.15, 0.2) is 0 Å². The van der Waals surface area contributed by atoms with E-state index in [2.05, 4.69) is 33.1 Å². The first kappa shape index (κ1) is 11.8. The van der Waals surface area contributed by atoms with Crippen LogP contribution in [0.15, 0.2) is 41.0 Å². The molecule has 15 heavy (non-hydrogen) atoms. The Morgan fingerprint density at radius 2 is 2.27 bits per heavy atom. The van der Waals surface area contributed by atoms with Crippen LogP contribution in [0.25, 0.3) is 0 Å². The van der Waals surface area contributed by atoms with E-state index in [1.54, 1.807) is 6.92 Å². The number of benzene rings is 1. The molecular weight excluding hydrogens is 256 g/mol. The van der Waals surface area contributed by atoms with Crippen LogP contribution in [0.1, 0.15) is 12.5 Å². The molecule has 1 aromatic rings. The lowest BCUT2D eigenvalue weighted by molar-refractivity contribution is 0.243. The van der Waals surface area contributed by atoms with Gasteiger partial charge in [0.1, 0.15) is 0 Å². The molecule has 80 valence electrons. The summed E-state index contributed by atoms with van der Waals surface area (Å²) >= 11 is 3.37. The molecular formula is C11H13BrN2O. The Morgan fingerprint density at radius 3 is 2.87 bits per heavy atom. The minimum absolute atomic E-state index is 0.234. The zero-order valence-corrected chi connectivity index (χ0v) is 10.1. The smallest absolute Gasteiger partial charge is 0.319 e. The summed E-state index contributed by atoms with van der Waals surface area (Å²) in [7, 11) is 0. The molecule has 0 saturated carbocycles. The second kappa shape index (κ2) is 5.56. The van der Waals surface area contributed by atoms with Crippen LogP contribution in [0.5, 0.6) is 0 Å². The van der Waals surface area contributed by atoms with Crippen molar-refractivity contribution >= 4 is 22.0 Å². The van der Waals surface area contributed by atoms with Crippen LogP contribution in [0, 0.1) is 0 Å². The number of nitrogens with one attached hydrogen (secondary N) is 2. The third kappa shape index (κ3) is 4.65. The molecule has 1 aromatic carbocycles. The zero-order valence-electron chi connectivity index (χ0n) is 8.51. The molecule has 2 amide bonds. The summed E-state index contributed by atoms with van der Waals surface area (Å²) in [4.78, 5) is 11.2. The number of allylic oxidation sites excluding steroid dienone is 1. The maximum absolute atomic E-state index is 11.2. The zero-order chi connectivity index (χ0) is 11.3. The fraction of sp³-hybridized carbons (Fsp3) is 0.182. The maximum Gasteiger partial charge on any atom is 0.319 e. The minimum atomic E-state index is -0.234. The van der Waals surface area contributed by atoms with E-state index in [0.29, 0.717) is 12.2 Å². The highest BCUT2D eigenvalue weighted by Gasteiger charge is 1.99. The average Bonchev–Trinajstić information content (AvgIpc) is 2.14. The van der Waals surface area contributed by atoms with E-state index in [9.17, 15) is 4.79 Å². The summed E-state index contributed by atoms with van der Waals surface area (Å²) in [6.07, 6.45) is 0. The van der Waals surface area contributed by atoms with Gasteiger partial charge in [0.25, 0.3) is 0 Å². The molecule has 0 aliphatic carbocycles. The number of amides is 2. The topological polar surface area (TPSA) is 41.1 Å². The van der Waals surface area contributed by atoms with Gasteiger partial charge in [-0.05, 0) is 24.6 Å². The fourth-order valence-corrected chi connectivity index (χ4v) is 1.51. The van der Waals surface area contributed by atoms with Gasteiger partial charge in [-0.1, -0.05) is 34.6 Å². The van der Waals surface area contributed by atoms with Crippen LogP contribution in [-0.4, -0.2) is 6.03 Å². The lowest BCUT2D eigenvalue weighted by Crippen LogP contribution is -2.33. The highest BCUT2D eigenvalue weighted by Crippen LogP contribution is 2.11. The quantitative estimate of drug-likeness (QED) is 0.870. The van der Waals surface area contributed by atoms with Crippen molar-refractivity contribution in [2.24, 2.45) is 0 Å². The Bertz CT molecular complexity index is 377. The second-order valence-electron chi connectivity index (χ2n) is 3.22. The summed E-state index contributed by atoms with van der Waals surface area (Å²) in [5.74, 6) is 0. The molecule has 2 N–H and O–H groups in total. The summed E-state index contributed by atoms with van der Waals surface area (Å²) in [6, 6.07) is 7.55. The summed E-state index contributed by atoms with van der Waals surface area (Å²) in [5, 5.41) is 5.30. The molecule has 0 atom stereocenters. The minimum Gasteiger partial charge on any atom is -0.334 e. The van der Waals surface area contributed by atoms with Crippen molar-refractivity contribution in [1.29, 1.82) is 0 Å². The molecule has 0 aliphatic heterocycles. The largest absolute Gasteiger partial charge is 0.334 e. The normalized spacial score (nSPS) is 9.47. The van der Waals surface area contributed by atoms with Gasteiger partial charge in [-0.25, -0.2) is 4.79 Å². The molecule has 0 heterocycles. The van der Waals surface area contributed by atoms with Gasteiger partial charge >= 0.3 is 6.03 Å². The average molecular weight is 269 g/mol. The van der Waals surface area contributed by atoms with Gasteiger partial charge in [-0.3, -0.25) is 0 Å². The molecule has 0 saturated heterocycles. The number of carbonyl (C=O) groups is 1. The Balaban J connectivity index is 2.43. The Hall–Kier alpha value is -1.29. The van der Waals surface area contributed by atoms with E-state index in [-0.39, 0.29) is 6.03 Å². The van der Waals surface area contributed by atoms with Crippen LogP contribution in [-0.2, 0) is 6.54 Å². The van der Waals surface area contributed by atoms with Crippen LogP contribution in [0.3, 0.4) is 0 Å². The molecule has 0 unspecified atom stereocenters. The van der Waals surface area contributed by atoms with Gasteiger partial charge in [0.05, 0.1) is 0 Å². The highest BCUT2D eigenvalue weighted by atomic mass is 79.9. The lowest BCUT2D eigenvalue weighted by atomic mass is 10.2. The number of halogens is 1. The number of hydrogen-bond acceptors (Lipinski definition) is 1. The lowest BCUT2D eigenvalue weighted by Gasteiger charge is -2.07. The van der Waals surface area contributed by atoms with Crippen molar-refractivity contribution < 1.29 is 4.79 Å². The van der Waals surface area contributed by atoms with Gasteiger partial charge in [-0.15, -0.1) is 0 Å². The SMILES string of the molecule is C=C(C)NC(=O)NCc1cccc(Br)c1. The molecule has 3 nitrogen and oxygen atoms in total. The standard InChI is InChI=1S/C11H13BrN2O/c1-8(2)14-11(15)13-7-9-4-3-5-10(12)6-9/h3-6H,1,7H2,2H3,(H2,13,14,15). The van der Waals surface area contributed by atoms with Crippen molar-refractivity contribution in [3.05, 3.63) is 46.6 Å². The van der Waals surface area contributed by atoms with Crippen LogP contribution in [0.2, 0.25) is 0 Å². The van der Waals surface area contributed by atoms with Crippen LogP contribution < -0.4 is 10.6 Å². The summed E-state index contributed by atoms with van der Waals surface area (Å²) < 4.78 is 1.00. The molecule has 4 heteroatoms. The van der Waals surface area contributed by atoms with Crippen molar-refractivity contribution in [2.45, 2.75) is 13.5 Å². The van der Waals surface area contributed by atoms with Crippen LogP contribution >= 0.6 is 15.9 Å². The fourth-order valence-electron chi connectivity index (χ4n) is 1.07. The van der Waals surface area contributed by atoms with Crippen molar-refractivity contribution in [1.82, 2.24) is 10.6 Å². The van der Waals surface area contributed by atoms with E-state index in [1.165, 1.54) is 0 Å². The van der Waals surface area contributed by atoms with Crippen molar-refractivity contribution in [2.75, 3.05) is 0 Å². The van der Waals surface area contributed by atoms with Crippen molar-refractivity contribution in [3.8, 4) is 0 Å². The Kier molecular flexibility index (Phi) is 4.37. The second-order valence-corrected chi connectivity index (χ2v) is 4.13. The Labute approximate surface area is 97.7 Å². The maximum atomic E-state index is 11.2. The number of rotatable bonds is 3. The summed E-state index contributed by atoms with van der Waals surface area (Å²) in [6.45, 7) is 5.82. The van der Waals surface area contributed by atoms with Gasteiger partial charge in [0.2, 0.25) is 0 Å². The molecule has 0 aromatic heterocycles. The van der Waals surface area contributed by atoms with Crippen LogP contribution in [0.4, 0.5) is 4.79 Å². The van der Waals surface area contributed by atoms with Gasteiger partial charge < -0.3 is 10.6 Å². The molecule has 0 aliphatic rings. The predicted molar refractivity (Wildman–Crippen MR) is 64.3 cm³/mol. The number of urea groups is 1. The summed E-state index contributed by atoms with van der Waals surface area (Å²) in [5.41, 5.74) is 1.67. The first-order valence-corrected chi connectivity index (χ1v) is 5.32. The third-order valence-electron chi connectivity index (χ3n) is 1.67.